The molecule has 0 saturated heterocycles. The first-order chi connectivity index (χ1) is 13.8. The normalized spacial score (nSPS) is 14.1. The van der Waals surface area contributed by atoms with Crippen LogP contribution in [0.4, 0.5) is 0 Å². The summed E-state index contributed by atoms with van der Waals surface area (Å²) in [5, 5.41) is 19.9. The first-order valence-corrected chi connectivity index (χ1v) is 9.22. The Labute approximate surface area is 168 Å². The van der Waals surface area contributed by atoms with Crippen LogP contribution in [0, 0.1) is 0 Å². The van der Waals surface area contributed by atoms with Crippen LogP contribution in [0.3, 0.4) is 0 Å². The molecule has 0 radical (unpaired) electrons. The summed E-state index contributed by atoms with van der Waals surface area (Å²) in [7, 11) is 0. The first kappa shape index (κ1) is 20.5. The quantitative estimate of drug-likeness (QED) is 0.572. The van der Waals surface area contributed by atoms with E-state index in [9.17, 15) is 24.6 Å². The molecule has 3 rings (SSSR count). The molecule has 0 fully saturated rings. The molecule has 4 N–H and O–H groups in total. The summed E-state index contributed by atoms with van der Waals surface area (Å²) < 4.78 is 0. The molecule has 0 aromatic heterocycles. The largest absolute Gasteiger partial charge is 0.478 e. The lowest BCUT2D eigenvalue weighted by Crippen LogP contribution is -2.43. The molecule has 0 bridgehead atoms. The third-order valence-electron chi connectivity index (χ3n) is 4.82. The van der Waals surface area contributed by atoms with E-state index in [1.54, 1.807) is 40.1 Å². The number of hydrogen-bond donors (Lipinski definition) is 3. The number of aliphatic hydroxyl groups is 1. The van der Waals surface area contributed by atoms with Gasteiger partial charge in [0.1, 0.15) is 0 Å². The Morgan fingerprint density at radius 2 is 1.83 bits per heavy atom. The van der Waals surface area contributed by atoms with Crippen molar-refractivity contribution < 1.29 is 24.6 Å². The highest BCUT2D eigenvalue weighted by atomic mass is 16.4. The molecule has 0 spiro atoms. The average Bonchev–Trinajstić information content (AvgIpc) is 2.97. The molecule has 2 aromatic rings. The number of aliphatic hydroxyl groups excluding tert-OH is 1. The van der Waals surface area contributed by atoms with Crippen LogP contribution in [0.5, 0.6) is 0 Å². The second-order valence-corrected chi connectivity index (χ2v) is 7.09. The molecule has 2 aromatic carbocycles. The molecule has 0 saturated carbocycles. The van der Waals surface area contributed by atoms with E-state index in [-0.39, 0.29) is 37.6 Å². The van der Waals surface area contributed by atoms with Gasteiger partial charge in [-0.05, 0) is 23.3 Å². The SMILES string of the molecule is NC(=O)CN(Cc1ccccc1C(=O)O)CC(O)CN1Cc2ccccc2C1=O. The standard InChI is InChI=1S/C21H23N3O5/c22-19(26)13-23(9-14-5-2-4-8-18(14)21(28)29)11-16(25)12-24-10-15-6-1-3-7-17(15)20(24)27/h1-8,16,25H,9-13H2,(H2,22,26)(H,28,29). The Kier molecular flexibility index (Phi) is 6.26. The molecule has 8 heteroatoms. The van der Waals surface area contributed by atoms with Gasteiger partial charge in [0.2, 0.25) is 5.91 Å². The number of carbonyl (C=O) groups is 3. The predicted molar refractivity (Wildman–Crippen MR) is 105 cm³/mol. The summed E-state index contributed by atoms with van der Waals surface area (Å²) in [6.07, 6.45) is -0.926. The van der Waals surface area contributed by atoms with Crippen molar-refractivity contribution in [3.8, 4) is 0 Å². The Morgan fingerprint density at radius 3 is 2.52 bits per heavy atom. The highest BCUT2D eigenvalue weighted by Crippen LogP contribution is 2.22. The Morgan fingerprint density at radius 1 is 1.14 bits per heavy atom. The summed E-state index contributed by atoms with van der Waals surface area (Å²) in [6.45, 7) is 0.583. The summed E-state index contributed by atoms with van der Waals surface area (Å²) in [5.41, 5.74) is 7.50. The van der Waals surface area contributed by atoms with Gasteiger partial charge >= 0.3 is 5.97 Å². The number of nitrogens with two attached hydrogens (primary N) is 1. The van der Waals surface area contributed by atoms with Gasteiger partial charge in [0.15, 0.2) is 0 Å². The molecule has 152 valence electrons. The number of carboxylic acid groups (broad SMARTS) is 1. The monoisotopic (exact) mass is 397 g/mol. The fraction of sp³-hybridized carbons (Fsp3) is 0.286. The lowest BCUT2D eigenvalue weighted by Gasteiger charge is -2.27. The molecule has 0 aliphatic carbocycles. The van der Waals surface area contributed by atoms with Crippen molar-refractivity contribution >= 4 is 17.8 Å². The number of nitrogens with zero attached hydrogens (tertiary/aromatic N) is 2. The van der Waals surface area contributed by atoms with Gasteiger partial charge in [-0.1, -0.05) is 36.4 Å². The molecule has 1 atom stereocenters. The zero-order valence-corrected chi connectivity index (χ0v) is 15.8. The minimum atomic E-state index is -1.07. The van der Waals surface area contributed by atoms with Crippen LogP contribution in [0.15, 0.2) is 48.5 Å². The van der Waals surface area contributed by atoms with Gasteiger partial charge in [-0.25, -0.2) is 4.79 Å². The van der Waals surface area contributed by atoms with Crippen molar-refractivity contribution in [1.29, 1.82) is 0 Å². The lowest BCUT2D eigenvalue weighted by molar-refractivity contribution is -0.119. The Hall–Kier alpha value is -3.23. The van der Waals surface area contributed by atoms with Crippen LogP contribution in [0.2, 0.25) is 0 Å². The minimum absolute atomic E-state index is 0.0665. The van der Waals surface area contributed by atoms with E-state index >= 15 is 0 Å². The van der Waals surface area contributed by atoms with Crippen LogP contribution in [-0.4, -0.2) is 63.5 Å². The van der Waals surface area contributed by atoms with Crippen molar-refractivity contribution in [1.82, 2.24) is 9.80 Å². The van der Waals surface area contributed by atoms with E-state index in [4.69, 9.17) is 5.73 Å². The molecule has 1 aliphatic rings. The zero-order chi connectivity index (χ0) is 21.0. The van der Waals surface area contributed by atoms with Gasteiger partial charge in [-0.15, -0.1) is 0 Å². The van der Waals surface area contributed by atoms with Crippen LogP contribution in [-0.2, 0) is 17.9 Å². The number of rotatable bonds is 9. The third kappa shape index (κ3) is 4.98. The lowest BCUT2D eigenvalue weighted by atomic mass is 10.1. The Balaban J connectivity index is 1.67. The van der Waals surface area contributed by atoms with Gasteiger partial charge in [0.05, 0.1) is 18.2 Å². The maximum absolute atomic E-state index is 12.5. The number of fused-ring (bicyclic) bond motifs is 1. The molecular weight excluding hydrogens is 374 g/mol. The van der Waals surface area contributed by atoms with Gasteiger partial charge in [0.25, 0.3) is 5.91 Å². The highest BCUT2D eigenvalue weighted by Gasteiger charge is 2.29. The smallest absolute Gasteiger partial charge is 0.336 e. The van der Waals surface area contributed by atoms with Crippen LogP contribution < -0.4 is 5.73 Å². The molecule has 8 nitrogen and oxygen atoms in total. The van der Waals surface area contributed by atoms with E-state index in [0.717, 1.165) is 5.56 Å². The van der Waals surface area contributed by atoms with E-state index in [0.29, 0.717) is 17.7 Å². The van der Waals surface area contributed by atoms with E-state index in [1.807, 2.05) is 12.1 Å². The third-order valence-corrected chi connectivity index (χ3v) is 4.82. The molecule has 1 aliphatic heterocycles. The second kappa shape index (κ2) is 8.85. The fourth-order valence-corrected chi connectivity index (χ4v) is 3.59. The van der Waals surface area contributed by atoms with Gasteiger partial charge in [0, 0.05) is 31.7 Å². The molecular formula is C21H23N3O5. The number of hydrogen-bond acceptors (Lipinski definition) is 5. The molecule has 29 heavy (non-hydrogen) atoms. The zero-order valence-electron chi connectivity index (χ0n) is 15.8. The number of β-amino-alcohol motifs (C(OH)–C–C–N with tert-alkyl or cyclic N) is 1. The van der Waals surface area contributed by atoms with E-state index in [1.165, 1.54) is 6.07 Å². The van der Waals surface area contributed by atoms with Crippen LogP contribution in [0.1, 0.15) is 31.8 Å². The topological polar surface area (TPSA) is 124 Å². The summed E-state index contributed by atoms with van der Waals surface area (Å²) in [6, 6.07) is 13.8. The average molecular weight is 397 g/mol. The van der Waals surface area contributed by atoms with Gasteiger partial charge in [-0.2, -0.15) is 0 Å². The van der Waals surface area contributed by atoms with Crippen LogP contribution in [0.25, 0.3) is 0 Å². The highest BCUT2D eigenvalue weighted by molar-refractivity contribution is 5.98. The number of primary amides is 1. The van der Waals surface area contributed by atoms with Crippen molar-refractivity contribution in [3.05, 3.63) is 70.8 Å². The molecule has 2 amide bonds. The number of amides is 2. The number of carbonyl (C=O) groups excluding carboxylic acids is 2. The van der Waals surface area contributed by atoms with Crippen molar-refractivity contribution in [2.24, 2.45) is 5.73 Å². The fourth-order valence-electron chi connectivity index (χ4n) is 3.59. The van der Waals surface area contributed by atoms with E-state index in [2.05, 4.69) is 0 Å². The van der Waals surface area contributed by atoms with Gasteiger partial charge in [-0.3, -0.25) is 14.5 Å². The second-order valence-electron chi connectivity index (χ2n) is 7.09. The predicted octanol–water partition coefficient (Wildman–Crippen LogP) is 0.689. The minimum Gasteiger partial charge on any atom is -0.478 e. The summed E-state index contributed by atoms with van der Waals surface area (Å²) in [4.78, 5) is 38.5. The number of carboxylic acids is 1. The number of aromatic carboxylic acids is 1. The van der Waals surface area contributed by atoms with E-state index < -0.39 is 18.0 Å². The number of benzene rings is 2. The Bertz CT molecular complexity index is 930. The maximum atomic E-state index is 12.5. The van der Waals surface area contributed by atoms with Crippen molar-refractivity contribution in [2.75, 3.05) is 19.6 Å². The maximum Gasteiger partial charge on any atom is 0.336 e. The van der Waals surface area contributed by atoms with Crippen molar-refractivity contribution in [3.63, 3.8) is 0 Å². The van der Waals surface area contributed by atoms with Gasteiger partial charge < -0.3 is 20.8 Å². The summed E-state index contributed by atoms with van der Waals surface area (Å²) in [5.74, 6) is -1.80. The molecule has 1 heterocycles. The summed E-state index contributed by atoms with van der Waals surface area (Å²) >= 11 is 0. The first-order valence-electron chi connectivity index (χ1n) is 9.22. The van der Waals surface area contributed by atoms with Crippen LogP contribution >= 0.6 is 0 Å². The molecule has 1 unspecified atom stereocenters. The van der Waals surface area contributed by atoms with Crippen molar-refractivity contribution in [2.45, 2.75) is 19.2 Å².